The van der Waals surface area contributed by atoms with Crippen LogP contribution in [0.25, 0.3) is 0 Å². The predicted octanol–water partition coefficient (Wildman–Crippen LogP) is 2.33. The molecule has 0 aliphatic carbocycles. The van der Waals surface area contributed by atoms with E-state index >= 15 is 0 Å². The number of halogens is 1. The molecule has 4 heteroatoms. The molecule has 19 heavy (non-hydrogen) atoms. The smallest absolute Gasteiger partial charge is 0.253 e. The van der Waals surface area contributed by atoms with Gasteiger partial charge in [-0.2, -0.15) is 0 Å². The van der Waals surface area contributed by atoms with Crippen LogP contribution in [0.3, 0.4) is 0 Å². The summed E-state index contributed by atoms with van der Waals surface area (Å²) in [4.78, 5) is 14.2. The highest BCUT2D eigenvalue weighted by atomic mass is 19.1. The number of benzene rings is 1. The van der Waals surface area contributed by atoms with Gasteiger partial charge in [-0.05, 0) is 56.4 Å². The minimum atomic E-state index is -0.274. The zero-order valence-corrected chi connectivity index (χ0v) is 11.5. The molecule has 2 atom stereocenters. The standard InChI is InChI=1S/C15H21FN2O/c1-10-8-12(5-6-14(10)16)15(19)18-7-3-4-13(9-18)11(2)17/h5-6,8,11,13H,3-4,7,9,17H2,1-2H3/t11-,13+/m1/s1. The second-order valence-electron chi connectivity index (χ2n) is 5.48. The first-order valence-electron chi connectivity index (χ1n) is 6.80. The highest BCUT2D eigenvalue weighted by Gasteiger charge is 2.26. The minimum Gasteiger partial charge on any atom is -0.338 e. The van der Waals surface area contributed by atoms with Crippen molar-refractivity contribution in [3.05, 3.63) is 35.1 Å². The van der Waals surface area contributed by atoms with Crippen molar-refractivity contribution in [2.45, 2.75) is 32.7 Å². The summed E-state index contributed by atoms with van der Waals surface area (Å²) in [6, 6.07) is 4.63. The van der Waals surface area contributed by atoms with Crippen molar-refractivity contribution in [2.75, 3.05) is 13.1 Å². The molecule has 1 saturated heterocycles. The summed E-state index contributed by atoms with van der Waals surface area (Å²) in [5.41, 5.74) is 6.99. The zero-order valence-electron chi connectivity index (χ0n) is 11.5. The van der Waals surface area contributed by atoms with Crippen LogP contribution >= 0.6 is 0 Å². The highest BCUT2D eigenvalue weighted by Crippen LogP contribution is 2.21. The van der Waals surface area contributed by atoms with E-state index < -0.39 is 0 Å². The van der Waals surface area contributed by atoms with E-state index in [4.69, 9.17) is 5.73 Å². The van der Waals surface area contributed by atoms with Crippen LogP contribution < -0.4 is 5.73 Å². The molecule has 1 aliphatic heterocycles. The lowest BCUT2D eigenvalue weighted by Crippen LogP contribution is -2.45. The Hall–Kier alpha value is -1.42. The maximum Gasteiger partial charge on any atom is 0.253 e. The number of aryl methyl sites for hydroxylation is 1. The summed E-state index contributed by atoms with van der Waals surface area (Å²) in [7, 11) is 0. The molecule has 1 aromatic carbocycles. The average molecular weight is 264 g/mol. The van der Waals surface area contributed by atoms with E-state index in [-0.39, 0.29) is 17.8 Å². The van der Waals surface area contributed by atoms with E-state index in [1.165, 1.54) is 6.07 Å². The molecule has 2 N–H and O–H groups in total. The third-order valence-electron chi connectivity index (χ3n) is 3.89. The first kappa shape index (κ1) is 14.0. The monoisotopic (exact) mass is 264 g/mol. The van der Waals surface area contributed by atoms with Crippen LogP contribution in [0.5, 0.6) is 0 Å². The third-order valence-corrected chi connectivity index (χ3v) is 3.89. The Balaban J connectivity index is 2.12. The molecule has 2 rings (SSSR count). The van der Waals surface area contributed by atoms with E-state index in [1.54, 1.807) is 19.1 Å². The van der Waals surface area contributed by atoms with Crippen molar-refractivity contribution in [1.29, 1.82) is 0 Å². The van der Waals surface area contributed by atoms with Crippen LogP contribution in [0.2, 0.25) is 0 Å². The minimum absolute atomic E-state index is 0.0200. The van der Waals surface area contributed by atoms with Gasteiger partial charge in [-0.1, -0.05) is 0 Å². The van der Waals surface area contributed by atoms with Crippen molar-refractivity contribution in [3.63, 3.8) is 0 Å². The third kappa shape index (κ3) is 3.13. The number of amides is 1. The fraction of sp³-hybridized carbons (Fsp3) is 0.533. The molecule has 1 aromatic rings. The summed E-state index contributed by atoms with van der Waals surface area (Å²) in [6.07, 6.45) is 2.06. The number of likely N-dealkylation sites (tertiary alicyclic amines) is 1. The Morgan fingerprint density at radius 3 is 2.89 bits per heavy atom. The fourth-order valence-electron chi connectivity index (χ4n) is 2.58. The van der Waals surface area contributed by atoms with E-state index in [0.29, 0.717) is 23.6 Å². The lowest BCUT2D eigenvalue weighted by Gasteiger charge is -2.34. The number of hydrogen-bond donors (Lipinski definition) is 1. The van der Waals surface area contributed by atoms with Crippen LogP contribution in [-0.4, -0.2) is 29.9 Å². The van der Waals surface area contributed by atoms with E-state index in [2.05, 4.69) is 0 Å². The molecule has 0 spiro atoms. The van der Waals surface area contributed by atoms with Crippen LogP contribution in [-0.2, 0) is 0 Å². The van der Waals surface area contributed by atoms with Crippen molar-refractivity contribution >= 4 is 5.91 Å². The van der Waals surface area contributed by atoms with Crippen molar-refractivity contribution in [2.24, 2.45) is 11.7 Å². The van der Waals surface area contributed by atoms with Gasteiger partial charge in [-0.15, -0.1) is 0 Å². The summed E-state index contributed by atoms with van der Waals surface area (Å²) in [5.74, 6) is 0.0661. The molecular weight excluding hydrogens is 243 g/mol. The number of rotatable bonds is 2. The predicted molar refractivity (Wildman–Crippen MR) is 73.4 cm³/mol. The van der Waals surface area contributed by atoms with Gasteiger partial charge >= 0.3 is 0 Å². The number of carbonyl (C=O) groups is 1. The number of carbonyl (C=O) groups excluding carboxylic acids is 1. The summed E-state index contributed by atoms with van der Waals surface area (Å²) in [5, 5.41) is 0. The summed E-state index contributed by atoms with van der Waals surface area (Å²) >= 11 is 0. The maximum atomic E-state index is 13.2. The molecule has 3 nitrogen and oxygen atoms in total. The lowest BCUT2D eigenvalue weighted by atomic mass is 9.92. The summed E-state index contributed by atoms with van der Waals surface area (Å²) in [6.45, 7) is 5.12. The fourth-order valence-corrected chi connectivity index (χ4v) is 2.58. The topological polar surface area (TPSA) is 46.3 Å². The number of nitrogens with zero attached hydrogens (tertiary/aromatic N) is 1. The Morgan fingerprint density at radius 2 is 2.26 bits per heavy atom. The van der Waals surface area contributed by atoms with Crippen LogP contribution in [0.4, 0.5) is 4.39 Å². The van der Waals surface area contributed by atoms with Gasteiger partial charge in [0.1, 0.15) is 5.82 Å². The molecule has 1 aliphatic rings. The van der Waals surface area contributed by atoms with Gasteiger partial charge in [0.25, 0.3) is 5.91 Å². The molecule has 0 unspecified atom stereocenters. The van der Waals surface area contributed by atoms with Gasteiger partial charge in [-0.3, -0.25) is 4.79 Å². The first-order valence-corrected chi connectivity index (χ1v) is 6.80. The molecule has 0 saturated carbocycles. The number of piperidine rings is 1. The second kappa shape index (κ2) is 5.70. The Bertz CT molecular complexity index is 473. The van der Waals surface area contributed by atoms with E-state index in [0.717, 1.165) is 19.4 Å². The first-order chi connectivity index (χ1) is 8.99. The molecule has 0 radical (unpaired) electrons. The Labute approximate surface area is 113 Å². The van der Waals surface area contributed by atoms with Crippen LogP contribution in [0, 0.1) is 18.7 Å². The maximum absolute atomic E-state index is 13.2. The van der Waals surface area contributed by atoms with Gasteiger partial charge in [0.15, 0.2) is 0 Å². The Morgan fingerprint density at radius 1 is 1.53 bits per heavy atom. The van der Waals surface area contributed by atoms with Gasteiger partial charge in [0.05, 0.1) is 0 Å². The van der Waals surface area contributed by atoms with Gasteiger partial charge in [-0.25, -0.2) is 4.39 Å². The van der Waals surface area contributed by atoms with Gasteiger partial charge in [0.2, 0.25) is 0 Å². The number of nitrogens with two attached hydrogens (primary N) is 1. The molecule has 0 aromatic heterocycles. The second-order valence-corrected chi connectivity index (χ2v) is 5.48. The van der Waals surface area contributed by atoms with Gasteiger partial charge < -0.3 is 10.6 Å². The summed E-state index contributed by atoms with van der Waals surface area (Å²) < 4.78 is 13.2. The Kier molecular flexibility index (Phi) is 4.20. The van der Waals surface area contributed by atoms with Crippen LogP contribution in [0.1, 0.15) is 35.7 Å². The largest absolute Gasteiger partial charge is 0.338 e. The van der Waals surface area contributed by atoms with Gasteiger partial charge in [0, 0.05) is 24.7 Å². The van der Waals surface area contributed by atoms with E-state index in [1.807, 2.05) is 11.8 Å². The van der Waals surface area contributed by atoms with Crippen molar-refractivity contribution < 1.29 is 9.18 Å². The molecule has 0 bridgehead atoms. The van der Waals surface area contributed by atoms with Crippen LogP contribution in [0.15, 0.2) is 18.2 Å². The molecule has 1 amide bonds. The molecular formula is C15H21FN2O. The zero-order chi connectivity index (χ0) is 14.0. The number of hydrogen-bond acceptors (Lipinski definition) is 2. The molecule has 1 heterocycles. The van der Waals surface area contributed by atoms with E-state index in [9.17, 15) is 9.18 Å². The lowest BCUT2D eigenvalue weighted by molar-refractivity contribution is 0.0661. The molecule has 1 fully saturated rings. The van der Waals surface area contributed by atoms with Crippen molar-refractivity contribution in [1.82, 2.24) is 4.90 Å². The normalized spacial score (nSPS) is 21.3. The average Bonchev–Trinajstić information content (AvgIpc) is 2.41. The SMILES string of the molecule is Cc1cc(C(=O)N2CCC[C@H]([C@@H](C)N)C2)ccc1F. The van der Waals surface area contributed by atoms with Crippen molar-refractivity contribution in [3.8, 4) is 0 Å². The molecule has 104 valence electrons. The quantitative estimate of drug-likeness (QED) is 0.891. The highest BCUT2D eigenvalue weighted by molar-refractivity contribution is 5.94.